The highest BCUT2D eigenvalue weighted by Gasteiger charge is 2.25. The molecule has 2 rings (SSSR count). The molecule has 1 unspecified atom stereocenters. The summed E-state index contributed by atoms with van der Waals surface area (Å²) in [4.78, 5) is 2.11. The molecule has 0 amide bonds. The summed E-state index contributed by atoms with van der Waals surface area (Å²) in [6.07, 6.45) is 1.85. The van der Waals surface area contributed by atoms with Gasteiger partial charge in [-0.2, -0.15) is 0 Å². The van der Waals surface area contributed by atoms with Crippen molar-refractivity contribution in [3.8, 4) is 0 Å². The fourth-order valence-electron chi connectivity index (χ4n) is 2.70. The van der Waals surface area contributed by atoms with Crippen LogP contribution in [0.25, 0.3) is 0 Å². The summed E-state index contributed by atoms with van der Waals surface area (Å²) < 4.78 is 14.0. The minimum atomic E-state index is -0.146. The number of anilines is 1. The van der Waals surface area contributed by atoms with Crippen molar-refractivity contribution in [2.75, 3.05) is 31.6 Å². The first-order chi connectivity index (χ1) is 8.76. The lowest BCUT2D eigenvalue weighted by atomic mass is 10.1. The molecule has 1 saturated heterocycles. The number of halogens is 1. The number of nitrogens with one attached hydrogen (secondary N) is 1. The minimum Gasteiger partial charge on any atom is -0.396 e. The first kappa shape index (κ1) is 13.3. The Bertz CT molecular complexity index is 397. The van der Waals surface area contributed by atoms with Gasteiger partial charge in [-0.1, -0.05) is 12.1 Å². The Labute approximate surface area is 108 Å². The van der Waals surface area contributed by atoms with Gasteiger partial charge in [0, 0.05) is 26.2 Å². The van der Waals surface area contributed by atoms with Crippen molar-refractivity contribution in [3.63, 3.8) is 0 Å². The number of benzene rings is 1. The lowest BCUT2D eigenvalue weighted by molar-refractivity contribution is 0.263. The fraction of sp³-hybridized carbons (Fsp3) is 0.571. The fourth-order valence-corrected chi connectivity index (χ4v) is 2.70. The van der Waals surface area contributed by atoms with E-state index in [0.29, 0.717) is 12.5 Å². The van der Waals surface area contributed by atoms with Crippen molar-refractivity contribution in [1.82, 2.24) is 5.32 Å². The Morgan fingerprint density at radius 2 is 2.33 bits per heavy atom. The average Bonchev–Trinajstić information content (AvgIpc) is 2.78. The topological polar surface area (TPSA) is 35.5 Å². The molecule has 1 aliphatic heterocycles. The standard InChI is InChI=1S/C14H21FN2O/c1-16-9-12-3-2-4-13(15)14(12)17-7-5-11(10-17)6-8-18/h2-4,11,16,18H,5-10H2,1H3. The molecule has 0 saturated carbocycles. The quantitative estimate of drug-likeness (QED) is 0.838. The number of aliphatic hydroxyl groups is 1. The summed E-state index contributed by atoms with van der Waals surface area (Å²) in [5.41, 5.74) is 1.73. The first-order valence-corrected chi connectivity index (χ1v) is 6.54. The lowest BCUT2D eigenvalue weighted by Crippen LogP contribution is -2.23. The van der Waals surface area contributed by atoms with Gasteiger partial charge >= 0.3 is 0 Å². The number of para-hydroxylation sites is 1. The van der Waals surface area contributed by atoms with Gasteiger partial charge in [0.1, 0.15) is 5.82 Å². The third kappa shape index (κ3) is 2.82. The van der Waals surface area contributed by atoms with Crippen LogP contribution < -0.4 is 10.2 Å². The van der Waals surface area contributed by atoms with E-state index in [2.05, 4.69) is 10.2 Å². The van der Waals surface area contributed by atoms with Crippen LogP contribution in [-0.2, 0) is 6.54 Å². The minimum absolute atomic E-state index is 0.146. The van der Waals surface area contributed by atoms with E-state index in [4.69, 9.17) is 5.11 Å². The maximum absolute atomic E-state index is 14.0. The van der Waals surface area contributed by atoms with Crippen molar-refractivity contribution in [2.45, 2.75) is 19.4 Å². The summed E-state index contributed by atoms with van der Waals surface area (Å²) in [7, 11) is 1.87. The third-order valence-corrected chi connectivity index (χ3v) is 3.58. The van der Waals surface area contributed by atoms with E-state index in [1.807, 2.05) is 13.1 Å². The molecule has 1 fully saturated rings. The zero-order valence-corrected chi connectivity index (χ0v) is 10.8. The molecular weight excluding hydrogens is 231 g/mol. The van der Waals surface area contributed by atoms with Crippen molar-refractivity contribution in [1.29, 1.82) is 0 Å². The van der Waals surface area contributed by atoms with Crippen LogP contribution in [0.5, 0.6) is 0 Å². The van der Waals surface area contributed by atoms with Gasteiger partial charge in [-0.3, -0.25) is 0 Å². The summed E-state index contributed by atoms with van der Waals surface area (Å²) in [5, 5.41) is 12.1. The van der Waals surface area contributed by atoms with Crippen LogP contribution in [0.15, 0.2) is 18.2 Å². The average molecular weight is 252 g/mol. The second-order valence-electron chi connectivity index (χ2n) is 4.89. The molecule has 3 nitrogen and oxygen atoms in total. The van der Waals surface area contributed by atoms with Gasteiger partial charge in [0.05, 0.1) is 5.69 Å². The van der Waals surface area contributed by atoms with Gasteiger partial charge in [-0.15, -0.1) is 0 Å². The number of hydrogen-bond acceptors (Lipinski definition) is 3. The molecule has 1 aliphatic rings. The highest BCUT2D eigenvalue weighted by Crippen LogP contribution is 2.30. The largest absolute Gasteiger partial charge is 0.396 e. The number of rotatable bonds is 5. The van der Waals surface area contributed by atoms with Crippen molar-refractivity contribution in [2.24, 2.45) is 5.92 Å². The van der Waals surface area contributed by atoms with Crippen LogP contribution in [0.3, 0.4) is 0 Å². The highest BCUT2D eigenvalue weighted by atomic mass is 19.1. The number of hydrogen-bond donors (Lipinski definition) is 2. The third-order valence-electron chi connectivity index (χ3n) is 3.58. The normalized spacial score (nSPS) is 19.5. The smallest absolute Gasteiger partial charge is 0.146 e. The Morgan fingerprint density at radius 3 is 3.06 bits per heavy atom. The van der Waals surface area contributed by atoms with Crippen LogP contribution in [0.4, 0.5) is 10.1 Å². The second kappa shape index (κ2) is 6.16. The number of aliphatic hydroxyl groups excluding tert-OH is 1. The van der Waals surface area contributed by atoms with E-state index in [9.17, 15) is 4.39 Å². The zero-order valence-electron chi connectivity index (χ0n) is 10.8. The molecule has 0 bridgehead atoms. The van der Waals surface area contributed by atoms with Gasteiger partial charge in [-0.25, -0.2) is 4.39 Å². The summed E-state index contributed by atoms with van der Waals surface area (Å²) in [6.45, 7) is 2.62. The van der Waals surface area contributed by atoms with E-state index in [1.54, 1.807) is 6.07 Å². The predicted molar refractivity (Wildman–Crippen MR) is 71.2 cm³/mol. The van der Waals surface area contributed by atoms with E-state index in [-0.39, 0.29) is 12.4 Å². The van der Waals surface area contributed by atoms with Crippen LogP contribution >= 0.6 is 0 Å². The summed E-state index contributed by atoms with van der Waals surface area (Å²) in [6, 6.07) is 5.24. The van der Waals surface area contributed by atoms with Gasteiger partial charge in [-0.05, 0) is 37.4 Å². The van der Waals surface area contributed by atoms with Crippen molar-refractivity contribution in [3.05, 3.63) is 29.6 Å². The molecule has 18 heavy (non-hydrogen) atoms. The van der Waals surface area contributed by atoms with E-state index in [0.717, 1.165) is 37.2 Å². The van der Waals surface area contributed by atoms with Crippen LogP contribution in [-0.4, -0.2) is 31.9 Å². The molecule has 1 aromatic carbocycles. The summed E-state index contributed by atoms with van der Waals surface area (Å²) in [5.74, 6) is 0.337. The van der Waals surface area contributed by atoms with Gasteiger partial charge in [0.15, 0.2) is 0 Å². The molecule has 0 spiro atoms. The first-order valence-electron chi connectivity index (χ1n) is 6.54. The molecule has 1 aromatic rings. The molecule has 1 heterocycles. The zero-order chi connectivity index (χ0) is 13.0. The summed E-state index contributed by atoms with van der Waals surface area (Å²) >= 11 is 0. The van der Waals surface area contributed by atoms with Gasteiger partial charge in [0.2, 0.25) is 0 Å². The lowest BCUT2D eigenvalue weighted by Gasteiger charge is -2.22. The van der Waals surface area contributed by atoms with Gasteiger partial charge < -0.3 is 15.3 Å². The van der Waals surface area contributed by atoms with Crippen molar-refractivity contribution >= 4 is 5.69 Å². The van der Waals surface area contributed by atoms with E-state index in [1.165, 1.54) is 6.07 Å². The Kier molecular flexibility index (Phi) is 4.55. The molecule has 1 atom stereocenters. The molecule has 0 radical (unpaired) electrons. The number of nitrogens with zero attached hydrogens (tertiary/aromatic N) is 1. The van der Waals surface area contributed by atoms with E-state index >= 15 is 0 Å². The molecule has 0 aromatic heterocycles. The van der Waals surface area contributed by atoms with Crippen molar-refractivity contribution < 1.29 is 9.50 Å². The molecule has 100 valence electrons. The Balaban J connectivity index is 2.17. The Morgan fingerprint density at radius 1 is 1.50 bits per heavy atom. The molecule has 4 heteroatoms. The SMILES string of the molecule is CNCc1cccc(F)c1N1CCC(CCO)C1. The van der Waals surface area contributed by atoms with Gasteiger partial charge in [0.25, 0.3) is 0 Å². The molecule has 0 aliphatic carbocycles. The second-order valence-corrected chi connectivity index (χ2v) is 4.89. The predicted octanol–water partition coefficient (Wildman–Crippen LogP) is 1.75. The molecular formula is C14H21FN2O. The maximum atomic E-state index is 14.0. The van der Waals surface area contributed by atoms with Crippen LogP contribution in [0.1, 0.15) is 18.4 Å². The highest BCUT2D eigenvalue weighted by molar-refractivity contribution is 5.55. The molecule has 2 N–H and O–H groups in total. The Hall–Kier alpha value is -1.13. The maximum Gasteiger partial charge on any atom is 0.146 e. The van der Waals surface area contributed by atoms with Crippen LogP contribution in [0.2, 0.25) is 0 Å². The van der Waals surface area contributed by atoms with Crippen LogP contribution in [0, 0.1) is 11.7 Å². The van der Waals surface area contributed by atoms with E-state index < -0.39 is 0 Å². The monoisotopic (exact) mass is 252 g/mol.